The lowest BCUT2D eigenvalue weighted by molar-refractivity contribution is -0.191. The Labute approximate surface area is 112 Å². The van der Waals surface area contributed by atoms with Crippen LogP contribution in [0.4, 0.5) is 0 Å². The van der Waals surface area contributed by atoms with Gasteiger partial charge in [-0.15, -0.1) is 0 Å². The van der Waals surface area contributed by atoms with E-state index in [0.29, 0.717) is 12.0 Å². The van der Waals surface area contributed by atoms with Gasteiger partial charge in [0, 0.05) is 21.3 Å². The Kier molecular flexibility index (Phi) is 4.40. The molecule has 3 unspecified atom stereocenters. The fourth-order valence-corrected chi connectivity index (χ4v) is 3.78. The SMILES string of the molecule is CC(C)CC1OCC2CC3(CCC21)OCCO3.[B]. The highest BCUT2D eigenvalue weighted by molar-refractivity contribution is 5.75. The molecule has 0 bridgehead atoms. The number of ether oxygens (including phenoxy) is 3. The molecular weight excluding hydrogens is 227 g/mol. The molecule has 0 amide bonds. The molecular formula is C14H24BO3. The number of rotatable bonds is 2. The molecule has 3 aliphatic rings. The van der Waals surface area contributed by atoms with Crippen LogP contribution in [0.5, 0.6) is 0 Å². The van der Waals surface area contributed by atoms with Crippen molar-refractivity contribution >= 4 is 8.41 Å². The molecule has 4 heteroatoms. The normalized spacial score (nSPS) is 37.8. The van der Waals surface area contributed by atoms with Crippen LogP contribution in [-0.4, -0.2) is 40.1 Å². The van der Waals surface area contributed by atoms with Gasteiger partial charge in [-0.2, -0.15) is 0 Å². The predicted molar refractivity (Wildman–Crippen MR) is 70.4 cm³/mol. The highest BCUT2D eigenvalue weighted by atomic mass is 16.7. The van der Waals surface area contributed by atoms with Crippen LogP contribution in [0.3, 0.4) is 0 Å². The molecule has 101 valence electrons. The first-order chi connectivity index (χ1) is 8.19. The van der Waals surface area contributed by atoms with Crippen LogP contribution in [0.25, 0.3) is 0 Å². The maximum atomic E-state index is 6.00. The zero-order valence-electron chi connectivity index (χ0n) is 11.6. The van der Waals surface area contributed by atoms with E-state index >= 15 is 0 Å². The highest BCUT2D eigenvalue weighted by Gasteiger charge is 2.49. The second kappa shape index (κ2) is 5.52. The van der Waals surface area contributed by atoms with Gasteiger partial charge in [0.25, 0.3) is 0 Å². The maximum absolute atomic E-state index is 6.00. The lowest BCUT2D eigenvalue weighted by Gasteiger charge is -2.38. The molecule has 18 heavy (non-hydrogen) atoms. The van der Waals surface area contributed by atoms with E-state index in [1.54, 1.807) is 0 Å². The summed E-state index contributed by atoms with van der Waals surface area (Å²) in [7, 11) is 0. The maximum Gasteiger partial charge on any atom is 0.168 e. The van der Waals surface area contributed by atoms with Gasteiger partial charge in [-0.3, -0.25) is 0 Å². The third-order valence-electron chi connectivity index (χ3n) is 4.56. The topological polar surface area (TPSA) is 27.7 Å². The van der Waals surface area contributed by atoms with Crippen molar-refractivity contribution in [1.82, 2.24) is 0 Å². The zero-order valence-corrected chi connectivity index (χ0v) is 11.6. The van der Waals surface area contributed by atoms with E-state index < -0.39 is 0 Å². The fourth-order valence-electron chi connectivity index (χ4n) is 3.78. The first-order valence-corrected chi connectivity index (χ1v) is 7.08. The molecule has 0 aromatic heterocycles. The van der Waals surface area contributed by atoms with Crippen LogP contribution in [0, 0.1) is 17.8 Å². The molecule has 0 N–H and O–H groups in total. The summed E-state index contributed by atoms with van der Waals surface area (Å²) in [5.41, 5.74) is 0. The lowest BCUT2D eigenvalue weighted by Crippen LogP contribution is -2.41. The quantitative estimate of drug-likeness (QED) is 0.704. The summed E-state index contributed by atoms with van der Waals surface area (Å²) in [5.74, 6) is 1.90. The summed E-state index contributed by atoms with van der Waals surface area (Å²) < 4.78 is 17.7. The van der Waals surface area contributed by atoms with Crippen LogP contribution in [0.2, 0.25) is 0 Å². The largest absolute Gasteiger partial charge is 0.378 e. The van der Waals surface area contributed by atoms with Gasteiger partial charge in [-0.25, -0.2) is 0 Å². The molecule has 2 aliphatic heterocycles. The van der Waals surface area contributed by atoms with Gasteiger partial charge in [-0.05, 0) is 30.6 Å². The molecule has 1 spiro atoms. The lowest BCUT2D eigenvalue weighted by atomic mass is 9.74. The van der Waals surface area contributed by atoms with Crippen molar-refractivity contribution in [2.45, 2.75) is 51.4 Å². The summed E-state index contributed by atoms with van der Waals surface area (Å²) in [6, 6.07) is 0. The summed E-state index contributed by atoms with van der Waals surface area (Å²) in [6.45, 7) is 7.02. The van der Waals surface area contributed by atoms with E-state index in [1.165, 1.54) is 12.8 Å². The highest BCUT2D eigenvalue weighted by Crippen LogP contribution is 2.47. The minimum Gasteiger partial charge on any atom is -0.378 e. The van der Waals surface area contributed by atoms with E-state index in [0.717, 1.165) is 44.5 Å². The van der Waals surface area contributed by atoms with Crippen LogP contribution in [-0.2, 0) is 14.2 Å². The van der Waals surface area contributed by atoms with Crippen LogP contribution in [0.15, 0.2) is 0 Å². The van der Waals surface area contributed by atoms with Crippen LogP contribution >= 0.6 is 0 Å². The molecule has 2 saturated heterocycles. The first kappa shape index (κ1) is 14.4. The molecule has 2 heterocycles. The molecule has 1 saturated carbocycles. The van der Waals surface area contributed by atoms with Gasteiger partial charge in [0.2, 0.25) is 0 Å². The monoisotopic (exact) mass is 251 g/mol. The van der Waals surface area contributed by atoms with E-state index in [9.17, 15) is 0 Å². The third-order valence-corrected chi connectivity index (χ3v) is 4.56. The van der Waals surface area contributed by atoms with Crippen molar-refractivity contribution in [2.24, 2.45) is 17.8 Å². The Morgan fingerprint density at radius 1 is 1.22 bits per heavy atom. The van der Waals surface area contributed by atoms with E-state index in [-0.39, 0.29) is 14.2 Å². The van der Waals surface area contributed by atoms with Gasteiger partial charge >= 0.3 is 0 Å². The number of hydrogen-bond acceptors (Lipinski definition) is 3. The van der Waals surface area contributed by atoms with Gasteiger partial charge < -0.3 is 14.2 Å². The summed E-state index contributed by atoms with van der Waals surface area (Å²) in [4.78, 5) is 0. The molecule has 3 nitrogen and oxygen atoms in total. The molecule has 3 atom stereocenters. The predicted octanol–water partition coefficient (Wildman–Crippen LogP) is 2.21. The second-order valence-electron chi connectivity index (χ2n) is 6.28. The molecule has 0 aromatic rings. The standard InChI is InChI=1S/C14H24O3.B/c1-10(2)7-13-12-3-4-14(16-5-6-17-14)8-11(12)9-15-13;/h10-13H,3-9H2,1-2H3;. The summed E-state index contributed by atoms with van der Waals surface area (Å²) >= 11 is 0. The summed E-state index contributed by atoms with van der Waals surface area (Å²) in [6.07, 6.45) is 5.01. The average molecular weight is 251 g/mol. The number of hydrogen-bond donors (Lipinski definition) is 0. The van der Waals surface area contributed by atoms with E-state index in [4.69, 9.17) is 14.2 Å². The Morgan fingerprint density at radius 2 is 1.94 bits per heavy atom. The smallest absolute Gasteiger partial charge is 0.168 e. The Morgan fingerprint density at radius 3 is 2.61 bits per heavy atom. The van der Waals surface area contributed by atoms with Gasteiger partial charge in [0.1, 0.15) is 0 Å². The fraction of sp³-hybridized carbons (Fsp3) is 1.00. The van der Waals surface area contributed by atoms with Gasteiger partial charge in [0.05, 0.1) is 25.9 Å². The van der Waals surface area contributed by atoms with Crippen LogP contribution in [0.1, 0.15) is 39.5 Å². The first-order valence-electron chi connectivity index (χ1n) is 7.08. The van der Waals surface area contributed by atoms with Crippen molar-refractivity contribution in [3.05, 3.63) is 0 Å². The molecule has 3 fully saturated rings. The van der Waals surface area contributed by atoms with Crippen LogP contribution < -0.4 is 0 Å². The minimum atomic E-state index is -0.239. The van der Waals surface area contributed by atoms with Crippen molar-refractivity contribution < 1.29 is 14.2 Å². The third kappa shape index (κ3) is 2.61. The Bertz CT molecular complexity index is 276. The Balaban J connectivity index is 0.00000120. The molecule has 0 aromatic carbocycles. The number of fused-ring (bicyclic) bond motifs is 1. The average Bonchev–Trinajstić information content (AvgIpc) is 2.87. The molecule has 1 aliphatic carbocycles. The van der Waals surface area contributed by atoms with E-state index in [1.807, 2.05) is 0 Å². The van der Waals surface area contributed by atoms with Crippen molar-refractivity contribution in [1.29, 1.82) is 0 Å². The molecule has 3 rings (SSSR count). The van der Waals surface area contributed by atoms with E-state index in [2.05, 4.69) is 13.8 Å². The second-order valence-corrected chi connectivity index (χ2v) is 6.28. The van der Waals surface area contributed by atoms with Crippen molar-refractivity contribution in [2.75, 3.05) is 19.8 Å². The minimum absolute atomic E-state index is 0. The molecule has 3 radical (unpaired) electrons. The zero-order chi connectivity index (χ0) is 11.9. The van der Waals surface area contributed by atoms with Crippen molar-refractivity contribution in [3.8, 4) is 0 Å². The van der Waals surface area contributed by atoms with Gasteiger partial charge in [0.15, 0.2) is 5.79 Å². The van der Waals surface area contributed by atoms with Crippen molar-refractivity contribution in [3.63, 3.8) is 0 Å². The summed E-state index contributed by atoms with van der Waals surface area (Å²) in [5, 5.41) is 0. The van der Waals surface area contributed by atoms with Gasteiger partial charge in [-0.1, -0.05) is 13.8 Å². The Hall–Kier alpha value is -0.0551.